The Morgan fingerprint density at radius 1 is 0.947 bits per heavy atom. The maximum atomic E-state index is 11.7. The minimum Gasteiger partial charge on any atom is -0.396 e. The van der Waals surface area contributed by atoms with Crippen LogP contribution in [0.25, 0.3) is 0 Å². The van der Waals surface area contributed by atoms with Gasteiger partial charge in [0.25, 0.3) is 0 Å². The molecular formula is C14H26N2O3. The van der Waals surface area contributed by atoms with E-state index in [-0.39, 0.29) is 12.6 Å². The summed E-state index contributed by atoms with van der Waals surface area (Å²) < 4.78 is 0. The summed E-state index contributed by atoms with van der Waals surface area (Å²) in [5, 5.41) is 14.1. The maximum absolute atomic E-state index is 11.7. The van der Waals surface area contributed by atoms with E-state index in [1.165, 1.54) is 12.8 Å². The minimum absolute atomic E-state index is 0.162. The molecule has 0 aliphatic heterocycles. The van der Waals surface area contributed by atoms with Crippen LogP contribution in [-0.4, -0.2) is 36.1 Å². The summed E-state index contributed by atoms with van der Waals surface area (Å²) in [5.74, 6) is -1.04. The molecule has 0 aromatic rings. The fourth-order valence-electron chi connectivity index (χ4n) is 2.37. The third-order valence-corrected chi connectivity index (χ3v) is 3.52. The Balaban J connectivity index is 2.14. The van der Waals surface area contributed by atoms with Gasteiger partial charge in [0.15, 0.2) is 0 Å². The van der Waals surface area contributed by atoms with Crippen molar-refractivity contribution in [1.29, 1.82) is 0 Å². The van der Waals surface area contributed by atoms with Crippen LogP contribution in [0.4, 0.5) is 0 Å². The van der Waals surface area contributed by atoms with E-state index < -0.39 is 11.8 Å². The fraction of sp³-hybridized carbons (Fsp3) is 0.857. The van der Waals surface area contributed by atoms with Crippen molar-refractivity contribution in [3.63, 3.8) is 0 Å². The number of amides is 2. The molecule has 0 unspecified atom stereocenters. The molecule has 0 aromatic heterocycles. The van der Waals surface area contributed by atoms with Gasteiger partial charge in [-0.25, -0.2) is 0 Å². The van der Waals surface area contributed by atoms with Gasteiger partial charge in [-0.15, -0.1) is 0 Å². The van der Waals surface area contributed by atoms with Crippen LogP contribution in [0.1, 0.15) is 57.8 Å². The number of hydrogen-bond donors (Lipinski definition) is 3. The van der Waals surface area contributed by atoms with E-state index in [4.69, 9.17) is 5.11 Å². The highest BCUT2D eigenvalue weighted by molar-refractivity contribution is 6.35. The monoisotopic (exact) mass is 270 g/mol. The summed E-state index contributed by atoms with van der Waals surface area (Å²) in [6.07, 6.45) is 9.08. The Kier molecular flexibility index (Phi) is 8.21. The zero-order chi connectivity index (χ0) is 13.9. The SMILES string of the molecule is O=C(NCCCCCO)C(=O)NC1CCCCCC1. The van der Waals surface area contributed by atoms with Crippen LogP contribution < -0.4 is 10.6 Å². The smallest absolute Gasteiger partial charge is 0.309 e. The molecule has 0 heterocycles. The van der Waals surface area contributed by atoms with Crippen LogP contribution in [0.15, 0.2) is 0 Å². The zero-order valence-corrected chi connectivity index (χ0v) is 11.6. The van der Waals surface area contributed by atoms with Crippen LogP contribution in [0.5, 0.6) is 0 Å². The Bertz CT molecular complexity index is 274. The molecule has 19 heavy (non-hydrogen) atoms. The molecule has 1 aliphatic carbocycles. The van der Waals surface area contributed by atoms with Crippen LogP contribution in [0.3, 0.4) is 0 Å². The van der Waals surface area contributed by atoms with Crippen LogP contribution in [0, 0.1) is 0 Å². The minimum atomic E-state index is -0.534. The van der Waals surface area contributed by atoms with Crippen LogP contribution in [0.2, 0.25) is 0 Å². The molecule has 1 rings (SSSR count). The summed E-state index contributed by atoms with van der Waals surface area (Å²) in [4.78, 5) is 23.2. The summed E-state index contributed by atoms with van der Waals surface area (Å²) in [6, 6.07) is 0.162. The van der Waals surface area contributed by atoms with Gasteiger partial charge in [-0.3, -0.25) is 9.59 Å². The number of carbonyl (C=O) groups excluding carboxylic acids is 2. The topological polar surface area (TPSA) is 78.4 Å². The second-order valence-corrected chi connectivity index (χ2v) is 5.20. The Morgan fingerprint density at radius 2 is 1.63 bits per heavy atom. The standard InChI is InChI=1S/C14H26N2O3/c17-11-7-3-6-10-15-13(18)14(19)16-12-8-4-1-2-5-9-12/h12,17H,1-11H2,(H,15,18)(H,16,19). The van der Waals surface area contributed by atoms with E-state index in [1.807, 2.05) is 0 Å². The summed E-state index contributed by atoms with van der Waals surface area (Å²) >= 11 is 0. The Hall–Kier alpha value is -1.10. The quantitative estimate of drug-likeness (QED) is 0.384. The number of carbonyl (C=O) groups is 2. The first-order valence-corrected chi connectivity index (χ1v) is 7.43. The first-order chi connectivity index (χ1) is 9.24. The molecule has 0 atom stereocenters. The van der Waals surface area contributed by atoms with E-state index in [9.17, 15) is 9.59 Å². The van der Waals surface area contributed by atoms with Crippen molar-refractivity contribution in [3.8, 4) is 0 Å². The number of aliphatic hydroxyl groups excluding tert-OH is 1. The Morgan fingerprint density at radius 3 is 2.26 bits per heavy atom. The summed E-state index contributed by atoms with van der Waals surface area (Å²) in [6.45, 7) is 0.674. The molecule has 0 spiro atoms. The second kappa shape index (κ2) is 9.78. The van der Waals surface area contributed by atoms with Gasteiger partial charge in [-0.1, -0.05) is 25.7 Å². The first kappa shape index (κ1) is 16.0. The highest BCUT2D eigenvalue weighted by Crippen LogP contribution is 2.16. The third-order valence-electron chi connectivity index (χ3n) is 3.52. The average Bonchev–Trinajstić information content (AvgIpc) is 2.67. The molecule has 5 heteroatoms. The lowest BCUT2D eigenvalue weighted by Crippen LogP contribution is -2.44. The number of aliphatic hydroxyl groups is 1. The predicted molar refractivity (Wildman–Crippen MR) is 73.6 cm³/mol. The normalized spacial score (nSPS) is 16.7. The highest BCUT2D eigenvalue weighted by atomic mass is 16.3. The van der Waals surface area contributed by atoms with Crippen molar-refractivity contribution in [2.75, 3.05) is 13.2 Å². The third kappa shape index (κ3) is 7.15. The van der Waals surface area contributed by atoms with Gasteiger partial charge < -0.3 is 15.7 Å². The number of rotatable bonds is 6. The van der Waals surface area contributed by atoms with E-state index in [1.54, 1.807) is 0 Å². The average molecular weight is 270 g/mol. The van der Waals surface area contributed by atoms with Gasteiger partial charge in [0.2, 0.25) is 0 Å². The highest BCUT2D eigenvalue weighted by Gasteiger charge is 2.19. The van der Waals surface area contributed by atoms with E-state index in [2.05, 4.69) is 10.6 Å². The fourth-order valence-corrected chi connectivity index (χ4v) is 2.37. The molecule has 110 valence electrons. The molecule has 1 aliphatic rings. The Labute approximate surface area is 115 Å². The van der Waals surface area contributed by atoms with E-state index >= 15 is 0 Å². The molecule has 3 N–H and O–H groups in total. The van der Waals surface area contributed by atoms with Gasteiger partial charge in [0.05, 0.1) is 0 Å². The van der Waals surface area contributed by atoms with E-state index in [0.717, 1.165) is 44.9 Å². The summed E-state index contributed by atoms with van der Waals surface area (Å²) in [5.41, 5.74) is 0. The molecule has 0 saturated heterocycles. The van der Waals surface area contributed by atoms with E-state index in [0.29, 0.717) is 6.54 Å². The van der Waals surface area contributed by atoms with Gasteiger partial charge in [-0.05, 0) is 32.1 Å². The van der Waals surface area contributed by atoms with Gasteiger partial charge >= 0.3 is 11.8 Å². The van der Waals surface area contributed by atoms with Crippen LogP contribution >= 0.6 is 0 Å². The first-order valence-electron chi connectivity index (χ1n) is 7.43. The van der Waals surface area contributed by atoms with Crippen molar-refractivity contribution < 1.29 is 14.7 Å². The molecule has 2 amide bonds. The lowest BCUT2D eigenvalue weighted by molar-refractivity contribution is -0.139. The van der Waals surface area contributed by atoms with Crippen molar-refractivity contribution in [2.45, 2.75) is 63.8 Å². The number of nitrogens with one attached hydrogen (secondary N) is 2. The second-order valence-electron chi connectivity index (χ2n) is 5.20. The van der Waals surface area contributed by atoms with Crippen molar-refractivity contribution in [3.05, 3.63) is 0 Å². The molecule has 0 bridgehead atoms. The molecule has 5 nitrogen and oxygen atoms in total. The molecule has 0 radical (unpaired) electrons. The van der Waals surface area contributed by atoms with Crippen molar-refractivity contribution in [2.24, 2.45) is 0 Å². The zero-order valence-electron chi connectivity index (χ0n) is 11.6. The van der Waals surface area contributed by atoms with Gasteiger partial charge in [0, 0.05) is 19.2 Å². The van der Waals surface area contributed by atoms with Gasteiger partial charge in [0.1, 0.15) is 0 Å². The lowest BCUT2D eigenvalue weighted by atomic mass is 10.1. The van der Waals surface area contributed by atoms with Gasteiger partial charge in [-0.2, -0.15) is 0 Å². The number of hydrogen-bond acceptors (Lipinski definition) is 3. The lowest BCUT2D eigenvalue weighted by Gasteiger charge is -2.15. The molecular weight excluding hydrogens is 244 g/mol. The van der Waals surface area contributed by atoms with Crippen molar-refractivity contribution in [1.82, 2.24) is 10.6 Å². The molecule has 1 fully saturated rings. The maximum Gasteiger partial charge on any atom is 0.309 e. The predicted octanol–water partition coefficient (Wildman–Crippen LogP) is 1.10. The largest absolute Gasteiger partial charge is 0.396 e. The summed E-state index contributed by atoms with van der Waals surface area (Å²) in [7, 11) is 0. The number of unbranched alkanes of at least 4 members (excludes halogenated alkanes) is 2. The van der Waals surface area contributed by atoms with Crippen molar-refractivity contribution >= 4 is 11.8 Å². The molecule has 0 aromatic carbocycles. The molecule has 1 saturated carbocycles. The van der Waals surface area contributed by atoms with Crippen LogP contribution in [-0.2, 0) is 9.59 Å².